The van der Waals surface area contributed by atoms with E-state index in [1.165, 1.54) is 4.90 Å². The maximum Gasteiger partial charge on any atom is 0.304 e. The molecule has 1 N–H and O–H groups in total. The second-order valence-electron chi connectivity index (χ2n) is 5.72. The van der Waals surface area contributed by atoms with Crippen molar-refractivity contribution in [1.29, 1.82) is 0 Å². The molecule has 7 heteroatoms. The normalized spacial score (nSPS) is 20.2. The van der Waals surface area contributed by atoms with Crippen molar-refractivity contribution in [1.82, 2.24) is 0 Å². The minimum atomic E-state index is -1.12. The lowest BCUT2D eigenvalue weighted by atomic mass is 9.90. The topological polar surface area (TPSA) is 74.7 Å². The monoisotopic (exact) mass is 421 g/mol. The molecule has 2 aromatic rings. The summed E-state index contributed by atoms with van der Waals surface area (Å²) in [6.07, 6.45) is -0.412. The Labute approximate surface area is 157 Å². The number of ketones is 1. The fourth-order valence-electron chi connectivity index (χ4n) is 3.04. The lowest BCUT2D eigenvalue weighted by molar-refractivity contribution is -0.141. The first-order valence-corrected chi connectivity index (χ1v) is 8.66. The molecule has 1 aliphatic heterocycles. The minimum Gasteiger partial charge on any atom is -0.481 e. The number of aliphatic carboxylic acids is 1. The molecule has 2 unspecified atom stereocenters. The van der Waals surface area contributed by atoms with Crippen molar-refractivity contribution in [2.24, 2.45) is 5.92 Å². The first kappa shape index (κ1) is 17.6. The Hall–Kier alpha value is -2.18. The number of rotatable bonds is 4. The van der Waals surface area contributed by atoms with Crippen LogP contribution in [0, 0.1) is 5.92 Å². The van der Waals surface area contributed by atoms with Gasteiger partial charge in [-0.2, -0.15) is 0 Å². The zero-order valence-corrected chi connectivity index (χ0v) is 15.2. The number of halogens is 2. The predicted octanol–water partition coefficient (Wildman–Crippen LogP) is 3.85. The summed E-state index contributed by atoms with van der Waals surface area (Å²) in [6.45, 7) is 0. The van der Waals surface area contributed by atoms with E-state index in [4.69, 9.17) is 11.6 Å². The van der Waals surface area contributed by atoms with E-state index in [1.54, 1.807) is 48.5 Å². The van der Waals surface area contributed by atoms with E-state index in [0.717, 1.165) is 4.47 Å². The van der Waals surface area contributed by atoms with Crippen molar-refractivity contribution >= 4 is 50.9 Å². The summed E-state index contributed by atoms with van der Waals surface area (Å²) in [6, 6.07) is 13.0. The summed E-state index contributed by atoms with van der Waals surface area (Å²) < 4.78 is 0.833. The minimum absolute atomic E-state index is 0.412. The molecule has 0 aliphatic carbocycles. The van der Waals surface area contributed by atoms with Gasteiger partial charge in [0.05, 0.1) is 18.4 Å². The fourth-order valence-corrected chi connectivity index (χ4v) is 3.43. The summed E-state index contributed by atoms with van der Waals surface area (Å²) in [5.74, 6) is -3.46. The average Bonchev–Trinajstić information content (AvgIpc) is 2.81. The van der Waals surface area contributed by atoms with Crippen molar-refractivity contribution in [3.05, 3.63) is 63.6 Å². The zero-order chi connectivity index (χ0) is 18.1. The van der Waals surface area contributed by atoms with Crippen molar-refractivity contribution in [3.63, 3.8) is 0 Å². The summed E-state index contributed by atoms with van der Waals surface area (Å²) in [5, 5.41) is 9.69. The van der Waals surface area contributed by atoms with Gasteiger partial charge in [-0.25, -0.2) is 0 Å². The number of carbonyl (C=O) groups is 3. The van der Waals surface area contributed by atoms with Crippen molar-refractivity contribution in [2.45, 2.75) is 12.5 Å². The van der Waals surface area contributed by atoms with Crippen LogP contribution in [0.15, 0.2) is 53.0 Å². The number of hydrogen-bond acceptors (Lipinski definition) is 3. The third kappa shape index (κ3) is 3.45. The van der Waals surface area contributed by atoms with Crippen molar-refractivity contribution in [2.75, 3.05) is 4.90 Å². The molecule has 3 rings (SSSR count). The van der Waals surface area contributed by atoms with Gasteiger partial charge in [0.15, 0.2) is 0 Å². The van der Waals surface area contributed by atoms with Gasteiger partial charge in [0, 0.05) is 15.2 Å². The summed E-state index contributed by atoms with van der Waals surface area (Å²) in [7, 11) is 0. The van der Waals surface area contributed by atoms with E-state index in [2.05, 4.69) is 15.9 Å². The third-order valence-electron chi connectivity index (χ3n) is 4.14. The molecule has 1 aliphatic rings. The highest BCUT2D eigenvalue weighted by molar-refractivity contribution is 9.10. The van der Waals surface area contributed by atoms with Crippen LogP contribution in [-0.2, 0) is 14.4 Å². The molecule has 1 heterocycles. The number of anilines is 1. The second kappa shape index (κ2) is 6.98. The van der Waals surface area contributed by atoms with Crippen molar-refractivity contribution in [3.8, 4) is 0 Å². The van der Waals surface area contributed by atoms with Crippen LogP contribution in [0.5, 0.6) is 0 Å². The molecule has 0 aromatic heterocycles. The van der Waals surface area contributed by atoms with Gasteiger partial charge < -0.3 is 5.11 Å². The quantitative estimate of drug-likeness (QED) is 0.760. The lowest BCUT2D eigenvalue weighted by Crippen LogP contribution is -2.29. The molecule has 1 saturated heterocycles. The van der Waals surface area contributed by atoms with Gasteiger partial charge in [-0.05, 0) is 42.0 Å². The van der Waals surface area contributed by atoms with E-state index in [9.17, 15) is 19.5 Å². The van der Waals surface area contributed by atoms with Crippen LogP contribution >= 0.6 is 27.5 Å². The molecular formula is C18H13BrClNO4. The lowest BCUT2D eigenvalue weighted by Gasteiger charge is -2.27. The van der Waals surface area contributed by atoms with Crippen LogP contribution in [-0.4, -0.2) is 22.8 Å². The van der Waals surface area contributed by atoms with Crippen LogP contribution in [0.25, 0.3) is 0 Å². The Morgan fingerprint density at radius 2 is 1.68 bits per heavy atom. The summed E-state index contributed by atoms with van der Waals surface area (Å²) in [5.41, 5.74) is 1.20. The van der Waals surface area contributed by atoms with Gasteiger partial charge in [0.1, 0.15) is 0 Å². The average molecular weight is 423 g/mol. The van der Waals surface area contributed by atoms with E-state index < -0.39 is 36.0 Å². The number of carboxylic acid groups (broad SMARTS) is 1. The zero-order valence-electron chi connectivity index (χ0n) is 12.9. The summed E-state index contributed by atoms with van der Waals surface area (Å²) >= 11 is 9.25. The number of hydrogen-bond donors (Lipinski definition) is 1. The number of carbonyl (C=O) groups excluding carboxylic acids is 2. The Morgan fingerprint density at radius 1 is 1.08 bits per heavy atom. The smallest absolute Gasteiger partial charge is 0.304 e. The highest BCUT2D eigenvalue weighted by Crippen LogP contribution is 2.41. The standard InChI is InChI=1S/C18H13BrClNO4/c19-11-3-7-13(8-4-11)21-16(10-1-5-12(20)6-2-10)14(9-15(22)23)17(24)18(21)25/h1-8,14,16H,9H2,(H,22,23). The Morgan fingerprint density at radius 3 is 2.24 bits per heavy atom. The SMILES string of the molecule is O=C(O)CC1C(=O)C(=O)N(c2ccc(Br)cc2)C1c1ccc(Cl)cc1. The van der Waals surface area contributed by atoms with Gasteiger partial charge in [-0.3, -0.25) is 19.3 Å². The van der Waals surface area contributed by atoms with Gasteiger partial charge in [-0.15, -0.1) is 0 Å². The van der Waals surface area contributed by atoms with Crippen LogP contribution in [0.2, 0.25) is 5.02 Å². The van der Waals surface area contributed by atoms with E-state index in [0.29, 0.717) is 16.3 Å². The molecule has 0 spiro atoms. The summed E-state index contributed by atoms with van der Waals surface area (Å²) in [4.78, 5) is 37.6. The fraction of sp³-hybridized carbons (Fsp3) is 0.167. The molecular weight excluding hydrogens is 410 g/mol. The van der Waals surface area contributed by atoms with Crippen LogP contribution in [0.4, 0.5) is 5.69 Å². The van der Waals surface area contributed by atoms with Gasteiger partial charge in [0.2, 0.25) is 5.78 Å². The number of carboxylic acids is 1. The Balaban J connectivity index is 2.11. The Kier molecular flexibility index (Phi) is 4.92. The number of amides is 1. The predicted molar refractivity (Wildman–Crippen MR) is 96.6 cm³/mol. The molecule has 0 bridgehead atoms. The van der Waals surface area contributed by atoms with Crippen molar-refractivity contribution < 1.29 is 19.5 Å². The largest absolute Gasteiger partial charge is 0.481 e. The van der Waals surface area contributed by atoms with E-state index in [1.807, 2.05) is 0 Å². The molecule has 5 nitrogen and oxygen atoms in total. The van der Waals surface area contributed by atoms with Crippen LogP contribution in [0.1, 0.15) is 18.0 Å². The third-order valence-corrected chi connectivity index (χ3v) is 4.92. The highest BCUT2D eigenvalue weighted by Gasteiger charge is 2.49. The highest BCUT2D eigenvalue weighted by atomic mass is 79.9. The van der Waals surface area contributed by atoms with Gasteiger partial charge in [-0.1, -0.05) is 39.7 Å². The molecule has 2 atom stereocenters. The molecule has 1 amide bonds. The first-order valence-electron chi connectivity index (χ1n) is 7.48. The maximum absolute atomic E-state index is 12.6. The Bertz CT molecular complexity index is 835. The molecule has 1 fully saturated rings. The number of Topliss-reactive ketones (excluding diaryl/α,β-unsaturated/α-hetero) is 1. The first-order chi connectivity index (χ1) is 11.9. The molecule has 25 heavy (non-hydrogen) atoms. The molecule has 0 radical (unpaired) electrons. The number of benzene rings is 2. The maximum atomic E-state index is 12.6. The van der Waals surface area contributed by atoms with Crippen LogP contribution < -0.4 is 4.90 Å². The second-order valence-corrected chi connectivity index (χ2v) is 7.07. The van der Waals surface area contributed by atoms with Gasteiger partial charge >= 0.3 is 5.97 Å². The van der Waals surface area contributed by atoms with Crippen LogP contribution in [0.3, 0.4) is 0 Å². The number of nitrogens with zero attached hydrogens (tertiary/aromatic N) is 1. The molecule has 128 valence electrons. The van der Waals surface area contributed by atoms with E-state index >= 15 is 0 Å². The molecule has 2 aromatic carbocycles. The van der Waals surface area contributed by atoms with E-state index in [-0.39, 0.29) is 0 Å². The molecule has 0 saturated carbocycles. The van der Waals surface area contributed by atoms with Gasteiger partial charge in [0.25, 0.3) is 5.91 Å².